The predicted octanol–water partition coefficient (Wildman–Crippen LogP) is 3.47. The van der Waals surface area contributed by atoms with Gasteiger partial charge in [-0.2, -0.15) is 5.10 Å². The zero-order chi connectivity index (χ0) is 19.5. The highest BCUT2D eigenvalue weighted by Crippen LogP contribution is 2.21. The molecule has 1 saturated heterocycles. The summed E-state index contributed by atoms with van der Waals surface area (Å²) in [5.74, 6) is 0.0505. The van der Waals surface area contributed by atoms with Gasteiger partial charge in [-0.25, -0.2) is 0 Å². The minimum atomic E-state index is -0.188. The van der Waals surface area contributed by atoms with Crippen molar-refractivity contribution in [1.82, 2.24) is 20.4 Å². The third-order valence-electron chi connectivity index (χ3n) is 4.81. The SMILES string of the molecule is O=C(NC1CCN(C(=O)c2ccco2)CC1)c1cc(-c2ccc(Br)cc2)n[nH]1. The summed E-state index contributed by atoms with van der Waals surface area (Å²) >= 11 is 3.40. The summed E-state index contributed by atoms with van der Waals surface area (Å²) in [5.41, 5.74) is 2.08. The zero-order valence-electron chi connectivity index (χ0n) is 15.0. The van der Waals surface area contributed by atoms with Crippen LogP contribution >= 0.6 is 15.9 Å². The maximum Gasteiger partial charge on any atom is 0.289 e. The largest absolute Gasteiger partial charge is 0.459 e. The first-order chi connectivity index (χ1) is 13.6. The molecule has 8 heteroatoms. The molecular formula is C20H19BrN4O3. The third kappa shape index (κ3) is 4.01. The van der Waals surface area contributed by atoms with Crippen LogP contribution in [0.3, 0.4) is 0 Å². The highest BCUT2D eigenvalue weighted by atomic mass is 79.9. The molecule has 1 fully saturated rings. The molecular weight excluding hydrogens is 424 g/mol. The fraction of sp³-hybridized carbons (Fsp3) is 0.250. The topological polar surface area (TPSA) is 91.2 Å². The minimum Gasteiger partial charge on any atom is -0.459 e. The fourth-order valence-corrected chi connectivity index (χ4v) is 3.52. The molecule has 2 aromatic heterocycles. The Morgan fingerprint density at radius 3 is 2.61 bits per heavy atom. The summed E-state index contributed by atoms with van der Waals surface area (Å²) < 4.78 is 6.16. The van der Waals surface area contributed by atoms with Crippen LogP contribution in [-0.4, -0.2) is 46.0 Å². The number of nitrogens with zero attached hydrogens (tertiary/aromatic N) is 2. The Hall–Kier alpha value is -2.87. The number of likely N-dealkylation sites (tertiary alicyclic amines) is 1. The second kappa shape index (κ2) is 8.02. The lowest BCUT2D eigenvalue weighted by atomic mass is 10.0. The number of carbonyl (C=O) groups is 2. The van der Waals surface area contributed by atoms with Crippen LogP contribution in [0.1, 0.15) is 33.9 Å². The Morgan fingerprint density at radius 1 is 1.18 bits per heavy atom. The minimum absolute atomic E-state index is 0.0209. The van der Waals surface area contributed by atoms with E-state index in [1.54, 1.807) is 23.1 Å². The first-order valence-electron chi connectivity index (χ1n) is 9.05. The van der Waals surface area contributed by atoms with E-state index in [0.29, 0.717) is 37.4 Å². The van der Waals surface area contributed by atoms with E-state index in [1.807, 2.05) is 24.3 Å². The Kier molecular flexibility index (Phi) is 5.29. The number of benzene rings is 1. The summed E-state index contributed by atoms with van der Waals surface area (Å²) in [5, 5.41) is 10.1. The number of amides is 2. The number of nitrogens with one attached hydrogen (secondary N) is 2. The maximum absolute atomic E-state index is 12.5. The summed E-state index contributed by atoms with van der Waals surface area (Å²) in [6.45, 7) is 1.16. The van der Waals surface area contributed by atoms with Gasteiger partial charge < -0.3 is 14.6 Å². The van der Waals surface area contributed by atoms with Gasteiger partial charge >= 0.3 is 0 Å². The second-order valence-corrected chi connectivity index (χ2v) is 7.61. The average Bonchev–Trinajstić information content (AvgIpc) is 3.41. The zero-order valence-corrected chi connectivity index (χ0v) is 16.6. The second-order valence-electron chi connectivity index (χ2n) is 6.69. The molecule has 4 rings (SSSR count). The van der Waals surface area contributed by atoms with Gasteiger partial charge in [0, 0.05) is 29.2 Å². The van der Waals surface area contributed by atoms with Crippen molar-refractivity contribution >= 4 is 27.7 Å². The molecule has 1 aliphatic heterocycles. The number of carbonyl (C=O) groups excluding carboxylic acids is 2. The van der Waals surface area contributed by atoms with Crippen molar-refractivity contribution in [2.75, 3.05) is 13.1 Å². The van der Waals surface area contributed by atoms with Crippen molar-refractivity contribution in [3.8, 4) is 11.3 Å². The van der Waals surface area contributed by atoms with E-state index in [-0.39, 0.29) is 17.9 Å². The van der Waals surface area contributed by atoms with E-state index in [1.165, 1.54) is 6.26 Å². The van der Waals surface area contributed by atoms with Crippen molar-refractivity contribution in [1.29, 1.82) is 0 Å². The Morgan fingerprint density at radius 2 is 1.93 bits per heavy atom. The molecule has 7 nitrogen and oxygen atoms in total. The molecule has 0 aliphatic carbocycles. The lowest BCUT2D eigenvalue weighted by Crippen LogP contribution is -2.46. The highest BCUT2D eigenvalue weighted by molar-refractivity contribution is 9.10. The number of hydrogen-bond acceptors (Lipinski definition) is 4. The Bertz CT molecular complexity index is 958. The van der Waals surface area contributed by atoms with Gasteiger partial charge in [-0.15, -0.1) is 0 Å². The highest BCUT2D eigenvalue weighted by Gasteiger charge is 2.26. The van der Waals surface area contributed by atoms with Crippen LogP contribution < -0.4 is 5.32 Å². The molecule has 3 heterocycles. The average molecular weight is 443 g/mol. The standard InChI is InChI=1S/C20H19BrN4O3/c21-14-5-3-13(4-6-14)16-12-17(24-23-16)19(26)22-15-7-9-25(10-8-15)20(27)18-2-1-11-28-18/h1-6,11-12,15H,7-10H2,(H,22,26)(H,23,24). The molecule has 0 saturated carbocycles. The van der Waals surface area contributed by atoms with Crippen molar-refractivity contribution < 1.29 is 14.0 Å². The fourth-order valence-electron chi connectivity index (χ4n) is 3.25. The van der Waals surface area contributed by atoms with Crippen LogP contribution in [0.2, 0.25) is 0 Å². The van der Waals surface area contributed by atoms with E-state index >= 15 is 0 Å². The quantitative estimate of drug-likeness (QED) is 0.646. The van der Waals surface area contributed by atoms with Gasteiger partial charge in [-0.1, -0.05) is 28.1 Å². The van der Waals surface area contributed by atoms with Gasteiger partial charge in [0.2, 0.25) is 0 Å². The molecule has 28 heavy (non-hydrogen) atoms. The molecule has 144 valence electrons. The van der Waals surface area contributed by atoms with E-state index in [0.717, 1.165) is 15.7 Å². The van der Waals surface area contributed by atoms with Crippen LogP contribution in [0.5, 0.6) is 0 Å². The maximum atomic E-state index is 12.5. The molecule has 0 bridgehead atoms. The van der Waals surface area contributed by atoms with Crippen molar-refractivity contribution in [2.45, 2.75) is 18.9 Å². The van der Waals surface area contributed by atoms with E-state index < -0.39 is 0 Å². The Balaban J connectivity index is 1.32. The number of halogens is 1. The summed E-state index contributed by atoms with van der Waals surface area (Å²) in [7, 11) is 0. The van der Waals surface area contributed by atoms with Crippen LogP contribution in [0.15, 0.2) is 57.6 Å². The van der Waals surface area contributed by atoms with E-state index in [2.05, 4.69) is 31.4 Å². The number of aromatic amines is 1. The van der Waals surface area contributed by atoms with E-state index in [9.17, 15) is 9.59 Å². The lowest BCUT2D eigenvalue weighted by Gasteiger charge is -2.31. The number of aromatic nitrogens is 2. The molecule has 0 atom stereocenters. The normalized spacial score (nSPS) is 14.8. The van der Waals surface area contributed by atoms with Crippen LogP contribution in [0, 0.1) is 0 Å². The van der Waals surface area contributed by atoms with Gasteiger partial charge in [0.1, 0.15) is 5.69 Å². The lowest BCUT2D eigenvalue weighted by molar-refractivity contribution is 0.0667. The number of rotatable bonds is 4. The number of piperidine rings is 1. The van der Waals surface area contributed by atoms with Gasteiger partial charge in [0.15, 0.2) is 5.76 Å². The first kappa shape index (κ1) is 18.5. The molecule has 0 radical (unpaired) electrons. The number of furan rings is 1. The summed E-state index contributed by atoms with van der Waals surface area (Å²) in [4.78, 5) is 26.6. The molecule has 1 aromatic carbocycles. The van der Waals surface area contributed by atoms with Gasteiger partial charge in [-0.3, -0.25) is 14.7 Å². The van der Waals surface area contributed by atoms with Crippen molar-refractivity contribution in [2.24, 2.45) is 0 Å². The van der Waals surface area contributed by atoms with Gasteiger partial charge in [-0.05, 0) is 43.2 Å². The summed E-state index contributed by atoms with van der Waals surface area (Å²) in [6, 6.07) is 12.9. The van der Waals surface area contributed by atoms with Crippen molar-refractivity contribution in [3.05, 3.63) is 64.7 Å². The molecule has 0 unspecified atom stereocenters. The summed E-state index contributed by atoms with van der Waals surface area (Å²) in [6.07, 6.45) is 2.89. The van der Waals surface area contributed by atoms with Gasteiger partial charge in [0.25, 0.3) is 11.8 Å². The third-order valence-corrected chi connectivity index (χ3v) is 5.34. The van der Waals surface area contributed by atoms with Crippen LogP contribution in [0.25, 0.3) is 11.3 Å². The predicted molar refractivity (Wildman–Crippen MR) is 107 cm³/mol. The Labute approximate surface area is 170 Å². The molecule has 1 aliphatic rings. The van der Waals surface area contributed by atoms with Crippen LogP contribution in [0.4, 0.5) is 0 Å². The first-order valence-corrected chi connectivity index (χ1v) is 9.84. The van der Waals surface area contributed by atoms with Gasteiger partial charge in [0.05, 0.1) is 12.0 Å². The van der Waals surface area contributed by atoms with Crippen molar-refractivity contribution in [3.63, 3.8) is 0 Å². The number of H-pyrrole nitrogens is 1. The van der Waals surface area contributed by atoms with Crippen LogP contribution in [-0.2, 0) is 0 Å². The molecule has 0 spiro atoms. The molecule has 3 aromatic rings. The number of hydrogen-bond donors (Lipinski definition) is 2. The monoisotopic (exact) mass is 442 g/mol. The molecule has 2 N–H and O–H groups in total. The van der Waals surface area contributed by atoms with E-state index in [4.69, 9.17) is 4.42 Å². The smallest absolute Gasteiger partial charge is 0.289 e. The molecule has 2 amide bonds.